The highest BCUT2D eigenvalue weighted by molar-refractivity contribution is 7.26. The van der Waals surface area contributed by atoms with E-state index in [9.17, 15) is 0 Å². The topological polar surface area (TPSA) is 56.5 Å². The van der Waals surface area contributed by atoms with Crippen LogP contribution in [0.2, 0.25) is 5.28 Å². The van der Waals surface area contributed by atoms with E-state index in [4.69, 9.17) is 21.6 Å². The molecule has 0 spiro atoms. The maximum atomic E-state index is 6.27. The summed E-state index contributed by atoms with van der Waals surface area (Å²) in [5.41, 5.74) is 25.4. The molecule has 0 aliphatic heterocycles. The van der Waals surface area contributed by atoms with Gasteiger partial charge in [0.15, 0.2) is 0 Å². The van der Waals surface area contributed by atoms with E-state index >= 15 is 0 Å². The fourth-order valence-corrected chi connectivity index (χ4v) is 16.5. The molecule has 0 bridgehead atoms. The van der Waals surface area contributed by atoms with Gasteiger partial charge in [0.25, 0.3) is 0 Å². The zero-order chi connectivity index (χ0) is 58.7. The van der Waals surface area contributed by atoms with Gasteiger partial charge in [0.1, 0.15) is 0 Å². The predicted octanol–water partition coefficient (Wildman–Crippen LogP) is 22.4. The molecule has 3 aliphatic carbocycles. The number of hydrogen-bond donors (Lipinski definition) is 0. The monoisotopic (exact) mass is 1190 g/mol. The molecule has 12 aromatic carbocycles. The van der Waals surface area contributed by atoms with E-state index in [2.05, 4.69) is 263 Å². The van der Waals surface area contributed by atoms with Crippen molar-refractivity contribution in [2.45, 2.75) is 6.42 Å². The second kappa shape index (κ2) is 20.8. The molecule has 0 amide bonds. The minimum absolute atomic E-state index is 0.279. The Labute approximate surface area is 525 Å². The van der Waals surface area contributed by atoms with E-state index in [0.717, 1.165) is 71.2 Å². The number of thiophene rings is 2. The van der Waals surface area contributed by atoms with Crippen LogP contribution in [0.5, 0.6) is 0 Å². The average Bonchev–Trinajstić information content (AvgIpc) is 1.59. The van der Waals surface area contributed by atoms with Gasteiger partial charge in [-0.05, 0) is 131 Å². The summed E-state index contributed by atoms with van der Waals surface area (Å²) in [7, 11) is 0. The van der Waals surface area contributed by atoms with Gasteiger partial charge in [-0.3, -0.25) is 4.57 Å². The Hall–Kier alpha value is -10.7. The van der Waals surface area contributed by atoms with E-state index in [-0.39, 0.29) is 5.28 Å². The van der Waals surface area contributed by atoms with Crippen molar-refractivity contribution in [3.05, 3.63) is 307 Å². The maximum Gasteiger partial charge on any atom is 0.235 e. The summed E-state index contributed by atoms with van der Waals surface area (Å²) in [6.45, 7) is 0. The molecular formula is C81H48ClN5S2. The zero-order valence-corrected chi connectivity index (χ0v) is 50.1. The van der Waals surface area contributed by atoms with Crippen LogP contribution in [0.4, 0.5) is 0 Å². The lowest BCUT2D eigenvalue weighted by molar-refractivity contribution is 0.995. The number of rotatable bonds is 5. The summed E-state index contributed by atoms with van der Waals surface area (Å²) >= 11 is 9.75. The maximum absolute atomic E-state index is 6.27. The number of allylic oxidation sites excluding steroid dienone is 1. The zero-order valence-electron chi connectivity index (χ0n) is 47.7. The number of aromatic nitrogens is 5. The number of nitrogens with zero attached hydrogens (tertiary/aromatic N) is 5. The van der Waals surface area contributed by atoms with Crippen LogP contribution in [0.3, 0.4) is 0 Å². The van der Waals surface area contributed by atoms with E-state index < -0.39 is 0 Å². The Morgan fingerprint density at radius 1 is 0.360 bits per heavy atom. The van der Waals surface area contributed by atoms with Crippen molar-refractivity contribution in [3.8, 4) is 73.1 Å². The van der Waals surface area contributed by atoms with Crippen LogP contribution in [0.1, 0.15) is 22.3 Å². The van der Waals surface area contributed by atoms with Gasteiger partial charge in [-0.15, -0.1) is 22.7 Å². The molecule has 5 aromatic heterocycles. The van der Waals surface area contributed by atoms with Gasteiger partial charge >= 0.3 is 0 Å². The highest BCUT2D eigenvalue weighted by atomic mass is 35.5. The number of fused-ring (bicyclic) bond motifs is 15. The van der Waals surface area contributed by atoms with Crippen molar-refractivity contribution in [1.29, 1.82) is 0 Å². The Balaban J connectivity index is 0.000000111. The van der Waals surface area contributed by atoms with Crippen molar-refractivity contribution < 1.29 is 0 Å². The first-order valence-corrected chi connectivity index (χ1v) is 31.9. The minimum Gasteiger partial charge on any atom is -0.277 e. The van der Waals surface area contributed by atoms with Gasteiger partial charge in [0.2, 0.25) is 11.2 Å². The van der Waals surface area contributed by atoms with Crippen LogP contribution in [-0.4, -0.2) is 24.5 Å². The summed E-state index contributed by atoms with van der Waals surface area (Å²) in [6, 6.07) is 99.0. The Kier molecular flexibility index (Phi) is 12.0. The third kappa shape index (κ3) is 8.34. The first-order chi connectivity index (χ1) is 44.1. The summed E-state index contributed by atoms with van der Waals surface area (Å²) in [5.74, 6) is 0.698. The third-order valence-corrected chi connectivity index (χ3v) is 20.3. The normalized spacial score (nSPS) is 12.5. The summed E-state index contributed by atoms with van der Waals surface area (Å²) in [6.07, 6.45) is 1.08. The molecule has 20 rings (SSSR count). The van der Waals surface area contributed by atoms with Gasteiger partial charge in [-0.25, -0.2) is 19.9 Å². The van der Waals surface area contributed by atoms with Crippen LogP contribution >= 0.6 is 34.3 Å². The molecule has 8 heteroatoms. The summed E-state index contributed by atoms with van der Waals surface area (Å²) < 4.78 is 6.89. The molecular weight excluding hydrogens is 1140 g/mol. The van der Waals surface area contributed by atoms with Gasteiger partial charge in [0, 0.05) is 47.8 Å². The number of para-hydroxylation sites is 1. The van der Waals surface area contributed by atoms with E-state index in [0.29, 0.717) is 5.95 Å². The molecule has 0 radical (unpaired) electrons. The Morgan fingerprint density at radius 3 is 1.48 bits per heavy atom. The SMILES string of the molecule is Clc1nc(-c2cccc(-c3ccccc3)c2)c2sc3ccccc3c2n1.c1ccc(-c2cccc(-c3nc(-n4c5c(c6ccccc64)-c4cccc6cccc-5c46)nc4c3sc3ccccc34)c2)cc1.c1ccc2c(c1)CC1=C2c2cccc3cccc1c23. The second-order valence-electron chi connectivity index (χ2n) is 22.8. The molecule has 17 aromatic rings. The smallest absolute Gasteiger partial charge is 0.235 e. The lowest BCUT2D eigenvalue weighted by Crippen LogP contribution is -2.04. The fourth-order valence-electron chi connectivity index (χ4n) is 14.0. The van der Waals surface area contributed by atoms with Gasteiger partial charge in [0.05, 0.1) is 43.0 Å². The number of hydrogen-bond acceptors (Lipinski definition) is 6. The molecule has 0 fully saturated rings. The molecule has 3 aliphatic rings. The molecule has 0 atom stereocenters. The Bertz CT molecular complexity index is 5790. The van der Waals surface area contributed by atoms with Crippen LogP contribution in [0, 0.1) is 0 Å². The lowest BCUT2D eigenvalue weighted by atomic mass is 9.96. The summed E-state index contributed by atoms with van der Waals surface area (Å²) in [4.78, 5) is 19.9. The number of halogens is 1. The molecule has 0 unspecified atom stereocenters. The molecule has 0 N–H and O–H groups in total. The Morgan fingerprint density at radius 2 is 0.831 bits per heavy atom. The minimum atomic E-state index is 0.279. The highest BCUT2D eigenvalue weighted by Crippen LogP contribution is 2.54. The van der Waals surface area contributed by atoms with Gasteiger partial charge in [-0.1, -0.05) is 249 Å². The summed E-state index contributed by atoms with van der Waals surface area (Å²) in [5, 5.41) is 9.15. The second-order valence-corrected chi connectivity index (χ2v) is 25.3. The lowest BCUT2D eigenvalue weighted by Gasteiger charge is -2.13. The molecule has 0 saturated carbocycles. The van der Waals surface area contributed by atoms with Gasteiger partial charge in [-0.2, -0.15) is 0 Å². The predicted molar refractivity (Wildman–Crippen MR) is 375 cm³/mol. The largest absolute Gasteiger partial charge is 0.277 e. The average molecular weight is 1190 g/mol. The van der Waals surface area contributed by atoms with Crippen molar-refractivity contribution >= 4 is 118 Å². The fraction of sp³-hybridized carbons (Fsp3) is 0.0123. The number of benzene rings is 12. The molecule has 416 valence electrons. The van der Waals surface area contributed by atoms with Crippen molar-refractivity contribution in [1.82, 2.24) is 24.5 Å². The quantitative estimate of drug-likeness (QED) is 0.161. The molecule has 5 heterocycles. The first-order valence-electron chi connectivity index (χ1n) is 29.9. The van der Waals surface area contributed by atoms with Crippen molar-refractivity contribution in [2.24, 2.45) is 0 Å². The van der Waals surface area contributed by atoms with Crippen LogP contribution in [0.15, 0.2) is 279 Å². The van der Waals surface area contributed by atoms with Crippen molar-refractivity contribution in [3.63, 3.8) is 0 Å². The first kappa shape index (κ1) is 51.5. The van der Waals surface area contributed by atoms with Gasteiger partial charge < -0.3 is 0 Å². The van der Waals surface area contributed by atoms with E-state index in [1.807, 2.05) is 30.3 Å². The van der Waals surface area contributed by atoms with Crippen molar-refractivity contribution in [2.75, 3.05) is 0 Å². The van der Waals surface area contributed by atoms with E-state index in [1.54, 1.807) is 22.7 Å². The highest BCUT2D eigenvalue weighted by Gasteiger charge is 2.33. The van der Waals surface area contributed by atoms with Crippen LogP contribution in [0.25, 0.3) is 157 Å². The molecule has 89 heavy (non-hydrogen) atoms. The molecule has 5 nitrogen and oxygen atoms in total. The molecule has 0 saturated heterocycles. The third-order valence-electron chi connectivity index (χ3n) is 17.8. The standard InChI is InChI=1S/C40H23N3S.C22H13ClN2S.C19H12/c1-2-11-24(12-3-1)26-15-8-16-27(23-26)36-39-37(29-18-5-7-22-33(29)44-39)42-40(41-36)43-32-21-6-4-17-28(32)35-30-19-9-13-25-14-10-20-31(34(25)30)38(35)43;23-22-24-19(21-20(25-22)17-11-4-5-12-18(17)26-21)16-10-6-9-15(13-16)14-7-2-1-3-8-14;1-2-8-14-13(5-1)11-17-15-9-3-6-12-7-4-10-16(18(12)15)19(14)17/h1-23H;1-13H;1-10H,11H2. The van der Waals surface area contributed by atoms with E-state index in [1.165, 1.54) is 109 Å². The van der Waals surface area contributed by atoms with Crippen LogP contribution < -0.4 is 0 Å². The van der Waals surface area contributed by atoms with Crippen LogP contribution in [-0.2, 0) is 6.42 Å².